The molecule has 1 atom stereocenters. The highest BCUT2D eigenvalue weighted by Gasteiger charge is 2.37. The fraction of sp³-hybridized carbons (Fsp3) is 0.444. The van der Waals surface area contributed by atoms with Crippen molar-refractivity contribution in [3.05, 3.63) is 15.9 Å². The molecule has 1 N–H and O–H groups in total. The van der Waals surface area contributed by atoms with Gasteiger partial charge in [-0.3, -0.25) is 4.79 Å². The molecule has 1 aliphatic heterocycles. The van der Waals surface area contributed by atoms with E-state index in [-0.39, 0.29) is 17.3 Å². The highest BCUT2D eigenvalue weighted by molar-refractivity contribution is 9.10. The maximum absolute atomic E-state index is 12.2. The first-order chi connectivity index (χ1) is 7.93. The number of carboxylic acids is 1. The van der Waals surface area contributed by atoms with E-state index < -0.39 is 21.9 Å². The van der Waals surface area contributed by atoms with Crippen LogP contribution in [-0.4, -0.2) is 36.9 Å². The first kappa shape index (κ1) is 13.0. The third-order valence-electron chi connectivity index (χ3n) is 2.66. The molecule has 1 fully saturated rings. The van der Waals surface area contributed by atoms with Crippen molar-refractivity contribution in [1.29, 1.82) is 0 Å². The Labute approximate surface area is 111 Å². The molecule has 0 radical (unpaired) electrons. The van der Waals surface area contributed by atoms with Gasteiger partial charge in [-0.15, -0.1) is 11.3 Å². The van der Waals surface area contributed by atoms with E-state index in [1.807, 2.05) is 0 Å². The molecule has 17 heavy (non-hydrogen) atoms. The minimum absolute atomic E-state index is 0.0575. The van der Waals surface area contributed by atoms with Crippen LogP contribution in [0.3, 0.4) is 0 Å². The summed E-state index contributed by atoms with van der Waals surface area (Å²) in [6.45, 7) is 0.325. The smallest absolute Gasteiger partial charge is 0.307 e. The summed E-state index contributed by atoms with van der Waals surface area (Å²) in [7, 11) is -3.55. The Hall–Kier alpha value is -0.440. The van der Waals surface area contributed by atoms with E-state index in [1.165, 1.54) is 4.31 Å². The Morgan fingerprint density at radius 2 is 2.29 bits per heavy atom. The lowest BCUT2D eigenvalue weighted by Crippen LogP contribution is -2.29. The van der Waals surface area contributed by atoms with Gasteiger partial charge in [-0.1, -0.05) is 0 Å². The fourth-order valence-electron chi connectivity index (χ4n) is 1.73. The average molecular weight is 340 g/mol. The molecule has 0 saturated carbocycles. The van der Waals surface area contributed by atoms with E-state index in [9.17, 15) is 13.2 Å². The van der Waals surface area contributed by atoms with E-state index in [0.29, 0.717) is 10.9 Å². The van der Waals surface area contributed by atoms with Crippen LogP contribution in [0.4, 0.5) is 0 Å². The second-order valence-corrected chi connectivity index (χ2v) is 7.65. The highest BCUT2D eigenvalue weighted by Crippen LogP contribution is 2.32. The van der Waals surface area contributed by atoms with Gasteiger partial charge in [0.25, 0.3) is 10.0 Å². The molecule has 5 nitrogen and oxygen atoms in total. The minimum atomic E-state index is -3.55. The number of hydrogen-bond acceptors (Lipinski definition) is 4. The quantitative estimate of drug-likeness (QED) is 0.907. The molecule has 1 saturated heterocycles. The number of nitrogens with zero attached hydrogens (tertiary/aromatic N) is 1. The third-order valence-corrected chi connectivity index (χ3v) is 7.17. The first-order valence-electron chi connectivity index (χ1n) is 4.89. The van der Waals surface area contributed by atoms with E-state index in [1.54, 1.807) is 11.4 Å². The SMILES string of the molecule is O=C(O)[C@@H]1CCN(S(=O)(=O)c2sccc2Br)C1. The fourth-order valence-corrected chi connectivity index (χ4v) is 5.68. The zero-order valence-corrected chi connectivity index (χ0v) is 11.9. The second kappa shape index (κ2) is 4.68. The van der Waals surface area contributed by atoms with Crippen LogP contribution in [0.1, 0.15) is 6.42 Å². The van der Waals surface area contributed by atoms with Crippen LogP contribution in [0.5, 0.6) is 0 Å². The first-order valence-corrected chi connectivity index (χ1v) is 8.00. The molecule has 1 aromatic heterocycles. The number of carbonyl (C=O) groups is 1. The van der Waals surface area contributed by atoms with Gasteiger partial charge < -0.3 is 5.11 Å². The summed E-state index contributed by atoms with van der Waals surface area (Å²) >= 11 is 4.31. The van der Waals surface area contributed by atoms with E-state index >= 15 is 0 Å². The van der Waals surface area contributed by atoms with Crippen molar-refractivity contribution in [2.45, 2.75) is 10.6 Å². The number of hydrogen-bond donors (Lipinski definition) is 1. The van der Waals surface area contributed by atoms with Gasteiger partial charge in [0.2, 0.25) is 0 Å². The predicted molar refractivity (Wildman–Crippen MR) is 66.5 cm³/mol. The molecule has 8 heteroatoms. The van der Waals surface area contributed by atoms with Gasteiger partial charge in [0.05, 0.1) is 5.92 Å². The number of thiophene rings is 1. The summed E-state index contributed by atoms with van der Waals surface area (Å²) in [6.07, 6.45) is 0.373. The molecule has 1 aromatic rings. The topological polar surface area (TPSA) is 74.7 Å². The van der Waals surface area contributed by atoms with Crippen LogP contribution in [0.2, 0.25) is 0 Å². The molecule has 2 rings (SSSR count). The van der Waals surface area contributed by atoms with Gasteiger partial charge in [0, 0.05) is 17.6 Å². The van der Waals surface area contributed by atoms with Gasteiger partial charge in [-0.05, 0) is 33.8 Å². The standard InChI is InChI=1S/C9H10BrNO4S2/c10-7-2-4-16-9(7)17(14,15)11-3-1-6(5-11)8(12)13/h2,4,6H,1,3,5H2,(H,12,13)/t6-/m1/s1. The van der Waals surface area contributed by atoms with Gasteiger partial charge in [0.1, 0.15) is 4.21 Å². The van der Waals surface area contributed by atoms with E-state index in [0.717, 1.165) is 11.3 Å². The molecule has 1 aliphatic rings. The summed E-state index contributed by atoms with van der Waals surface area (Å²) in [5, 5.41) is 10.5. The Morgan fingerprint density at radius 3 is 2.76 bits per heavy atom. The molecular formula is C9H10BrNO4S2. The molecular weight excluding hydrogens is 330 g/mol. The Morgan fingerprint density at radius 1 is 1.59 bits per heavy atom. The maximum Gasteiger partial charge on any atom is 0.307 e. The summed E-state index contributed by atoms with van der Waals surface area (Å²) in [5.74, 6) is -1.53. The largest absolute Gasteiger partial charge is 0.481 e. The van der Waals surface area contributed by atoms with Gasteiger partial charge in [-0.2, -0.15) is 4.31 Å². The Kier molecular flexibility index (Phi) is 3.58. The summed E-state index contributed by atoms with van der Waals surface area (Å²) in [4.78, 5) is 10.8. The van der Waals surface area contributed by atoms with E-state index in [4.69, 9.17) is 5.11 Å². The zero-order chi connectivity index (χ0) is 12.6. The van der Waals surface area contributed by atoms with Crippen molar-refractivity contribution in [2.75, 3.05) is 13.1 Å². The highest BCUT2D eigenvalue weighted by atomic mass is 79.9. The molecule has 0 unspecified atom stereocenters. The number of rotatable bonds is 3. The third kappa shape index (κ3) is 2.40. The molecule has 2 heterocycles. The normalized spacial score (nSPS) is 21.8. The van der Waals surface area contributed by atoms with Crippen molar-refractivity contribution in [3.8, 4) is 0 Å². The number of sulfonamides is 1. The van der Waals surface area contributed by atoms with Crippen molar-refractivity contribution < 1.29 is 18.3 Å². The molecule has 0 spiro atoms. The lowest BCUT2D eigenvalue weighted by atomic mass is 10.1. The minimum Gasteiger partial charge on any atom is -0.481 e. The summed E-state index contributed by atoms with van der Waals surface area (Å²) in [5.41, 5.74) is 0. The molecule has 0 aromatic carbocycles. The second-order valence-electron chi connectivity index (χ2n) is 3.74. The van der Waals surface area contributed by atoms with Crippen molar-refractivity contribution >= 4 is 43.3 Å². The average Bonchev–Trinajstić information content (AvgIpc) is 2.84. The number of aliphatic carboxylic acids is 1. The predicted octanol–water partition coefficient (Wildman–Crippen LogP) is 1.61. The summed E-state index contributed by atoms with van der Waals surface area (Å²) < 4.78 is 26.4. The summed E-state index contributed by atoms with van der Waals surface area (Å²) in [6, 6.07) is 1.67. The van der Waals surface area contributed by atoms with Crippen LogP contribution in [0.25, 0.3) is 0 Å². The van der Waals surface area contributed by atoms with Crippen molar-refractivity contribution in [1.82, 2.24) is 4.31 Å². The number of carboxylic acid groups (broad SMARTS) is 1. The van der Waals surface area contributed by atoms with E-state index in [2.05, 4.69) is 15.9 Å². The van der Waals surface area contributed by atoms with Crippen molar-refractivity contribution in [2.24, 2.45) is 5.92 Å². The van der Waals surface area contributed by atoms with Crippen LogP contribution < -0.4 is 0 Å². The van der Waals surface area contributed by atoms with Gasteiger partial charge >= 0.3 is 5.97 Å². The van der Waals surface area contributed by atoms with Crippen LogP contribution in [0.15, 0.2) is 20.1 Å². The lowest BCUT2D eigenvalue weighted by molar-refractivity contribution is -0.141. The van der Waals surface area contributed by atoms with Gasteiger partial charge in [0.15, 0.2) is 0 Å². The number of halogens is 1. The maximum atomic E-state index is 12.2. The van der Waals surface area contributed by atoms with Crippen LogP contribution >= 0.6 is 27.3 Å². The lowest BCUT2D eigenvalue weighted by Gasteiger charge is -2.14. The Bertz CT molecular complexity index is 539. The molecule has 0 amide bonds. The molecule has 0 aliphatic carbocycles. The van der Waals surface area contributed by atoms with Crippen LogP contribution in [0, 0.1) is 5.92 Å². The van der Waals surface area contributed by atoms with Crippen LogP contribution in [-0.2, 0) is 14.8 Å². The van der Waals surface area contributed by atoms with Crippen molar-refractivity contribution in [3.63, 3.8) is 0 Å². The molecule has 94 valence electrons. The molecule has 0 bridgehead atoms. The zero-order valence-electron chi connectivity index (χ0n) is 8.67. The van der Waals surface area contributed by atoms with Gasteiger partial charge in [-0.25, -0.2) is 8.42 Å². The monoisotopic (exact) mass is 339 g/mol. The Balaban J connectivity index is 2.25.